The van der Waals surface area contributed by atoms with Gasteiger partial charge in [-0.15, -0.1) is 0 Å². The first kappa shape index (κ1) is 39.3. The molecule has 2 aliphatic rings. The topological polar surface area (TPSA) is 270 Å². The Labute approximate surface area is 290 Å². The zero-order chi connectivity index (χ0) is 37.5. The summed E-state index contributed by atoms with van der Waals surface area (Å²) in [5.41, 5.74) is 0.803. The van der Waals surface area contributed by atoms with Crippen LogP contribution in [0.15, 0.2) is 42.5 Å². The Morgan fingerprint density at radius 2 is 1.39 bits per heavy atom. The van der Waals surface area contributed by atoms with Crippen molar-refractivity contribution in [2.75, 3.05) is 41.2 Å². The number of carbonyl (C=O) groups excluding carboxylic acids is 2. The van der Waals surface area contributed by atoms with Gasteiger partial charge in [0.25, 0.3) is 0 Å². The first-order valence-corrected chi connectivity index (χ1v) is 15.3. The summed E-state index contributed by atoms with van der Waals surface area (Å²) < 4.78 is 42.6. The summed E-state index contributed by atoms with van der Waals surface area (Å²) in [5.74, 6) is -4.64. The third kappa shape index (κ3) is 8.87. The molecule has 2 aliphatic heterocycles. The van der Waals surface area contributed by atoms with Crippen LogP contribution in [0, 0.1) is 0 Å². The highest BCUT2D eigenvalue weighted by atomic mass is 16.8. The van der Waals surface area contributed by atoms with E-state index in [1.807, 2.05) is 0 Å². The Balaban J connectivity index is 1.48. The summed E-state index contributed by atoms with van der Waals surface area (Å²) in [4.78, 5) is 25.3. The molecular formula is C33H40O18. The molecule has 280 valence electrons. The summed E-state index contributed by atoms with van der Waals surface area (Å²) in [5, 5.41) is 82.7. The van der Waals surface area contributed by atoms with Gasteiger partial charge in [-0.1, -0.05) is 6.07 Å². The quantitative estimate of drug-likeness (QED) is 0.0819. The van der Waals surface area contributed by atoms with Crippen molar-refractivity contribution in [2.45, 2.75) is 54.8 Å². The van der Waals surface area contributed by atoms with E-state index in [1.54, 1.807) is 0 Å². The standard InChI is InChI=1S/C33H40O18/c1-44-19-10-16(4-7-18(19)36)5-8-24(37)47-14-23-27(40)29(42)30(43)32(48-23)51-33(15-35)31(28(41)22(13-34)50-33)49-25(38)9-6-17-11-20(45-2)26(39)21(12-17)46-3/h4-12,22-23,27-32,34-36,39-43H,13-15H2,1-3H3/b8-5-,9-6+/t22-,23+,27+,28+,29-,30+,31-,32+,33-/m0/s1. The number of aliphatic hydroxyl groups is 6. The van der Waals surface area contributed by atoms with Crippen LogP contribution < -0.4 is 14.2 Å². The molecule has 0 saturated carbocycles. The molecule has 0 unspecified atom stereocenters. The summed E-state index contributed by atoms with van der Waals surface area (Å²) >= 11 is 0. The van der Waals surface area contributed by atoms with Gasteiger partial charge in [0.1, 0.15) is 49.8 Å². The highest BCUT2D eigenvalue weighted by Gasteiger charge is 2.60. The zero-order valence-corrected chi connectivity index (χ0v) is 27.6. The average molecular weight is 725 g/mol. The van der Waals surface area contributed by atoms with E-state index in [-0.39, 0.29) is 28.7 Å². The predicted octanol–water partition coefficient (Wildman–Crippen LogP) is -1.43. The van der Waals surface area contributed by atoms with Crippen LogP contribution in [0.3, 0.4) is 0 Å². The second-order valence-corrected chi connectivity index (χ2v) is 11.3. The molecule has 0 spiro atoms. The number of benzene rings is 2. The third-order valence-corrected chi connectivity index (χ3v) is 8.02. The molecule has 0 bridgehead atoms. The van der Waals surface area contributed by atoms with Gasteiger partial charge in [0, 0.05) is 12.2 Å². The lowest BCUT2D eigenvalue weighted by atomic mass is 9.99. The van der Waals surface area contributed by atoms with Crippen LogP contribution >= 0.6 is 0 Å². The summed E-state index contributed by atoms with van der Waals surface area (Å²) in [6.45, 7) is -2.65. The minimum Gasteiger partial charge on any atom is -0.504 e. The predicted molar refractivity (Wildman–Crippen MR) is 170 cm³/mol. The second-order valence-electron chi connectivity index (χ2n) is 11.3. The smallest absolute Gasteiger partial charge is 0.331 e. The van der Waals surface area contributed by atoms with Gasteiger partial charge in [-0.05, 0) is 47.5 Å². The number of esters is 2. The van der Waals surface area contributed by atoms with Gasteiger partial charge in [-0.2, -0.15) is 0 Å². The molecule has 2 aromatic rings. The van der Waals surface area contributed by atoms with Crippen LogP contribution in [0.4, 0.5) is 0 Å². The van der Waals surface area contributed by atoms with E-state index < -0.39 is 86.6 Å². The molecule has 2 heterocycles. The van der Waals surface area contributed by atoms with E-state index in [4.69, 9.17) is 37.9 Å². The molecule has 0 radical (unpaired) electrons. The summed E-state index contributed by atoms with van der Waals surface area (Å²) in [7, 11) is 3.97. The molecule has 0 aromatic heterocycles. The molecule has 2 saturated heterocycles. The third-order valence-electron chi connectivity index (χ3n) is 8.02. The molecule has 8 N–H and O–H groups in total. The molecule has 18 heteroatoms. The maximum Gasteiger partial charge on any atom is 0.331 e. The van der Waals surface area contributed by atoms with Gasteiger partial charge in [0.2, 0.25) is 11.5 Å². The second kappa shape index (κ2) is 17.1. The monoisotopic (exact) mass is 724 g/mol. The maximum atomic E-state index is 12.9. The molecule has 18 nitrogen and oxygen atoms in total. The van der Waals surface area contributed by atoms with Gasteiger partial charge < -0.3 is 78.7 Å². The van der Waals surface area contributed by atoms with Crippen molar-refractivity contribution in [2.24, 2.45) is 0 Å². The molecule has 0 aliphatic carbocycles. The maximum absolute atomic E-state index is 12.9. The van der Waals surface area contributed by atoms with Crippen LogP contribution in [0.2, 0.25) is 0 Å². The van der Waals surface area contributed by atoms with E-state index in [0.717, 1.165) is 12.2 Å². The van der Waals surface area contributed by atoms with Crippen molar-refractivity contribution < 1.29 is 88.3 Å². The van der Waals surface area contributed by atoms with Crippen LogP contribution in [0.25, 0.3) is 12.2 Å². The minimum absolute atomic E-state index is 0.0403. The number of phenolic OH excluding ortho intramolecular Hbond substituents is 2. The number of phenols is 2. The number of carbonyl (C=O) groups is 2. The number of aliphatic hydroxyl groups excluding tert-OH is 6. The fraction of sp³-hybridized carbons (Fsp3) is 0.455. The Bertz CT molecular complexity index is 1550. The zero-order valence-electron chi connectivity index (χ0n) is 27.6. The fourth-order valence-electron chi connectivity index (χ4n) is 5.27. The van der Waals surface area contributed by atoms with Crippen molar-refractivity contribution in [3.05, 3.63) is 53.6 Å². The number of methoxy groups -OCH3 is 3. The number of aromatic hydroxyl groups is 2. The lowest BCUT2D eigenvalue weighted by molar-refractivity contribution is -0.383. The lowest BCUT2D eigenvalue weighted by Crippen LogP contribution is -2.63. The van der Waals surface area contributed by atoms with Crippen LogP contribution in [-0.4, -0.2) is 149 Å². The van der Waals surface area contributed by atoms with E-state index in [9.17, 15) is 50.4 Å². The lowest BCUT2D eigenvalue weighted by Gasteiger charge is -2.43. The van der Waals surface area contributed by atoms with Gasteiger partial charge in [-0.25, -0.2) is 9.59 Å². The summed E-state index contributed by atoms with van der Waals surface area (Å²) in [6, 6.07) is 7.08. The first-order valence-electron chi connectivity index (χ1n) is 15.3. The van der Waals surface area contributed by atoms with E-state index in [0.29, 0.717) is 11.1 Å². The van der Waals surface area contributed by atoms with Crippen molar-refractivity contribution >= 4 is 24.1 Å². The molecule has 51 heavy (non-hydrogen) atoms. The number of hydrogen-bond acceptors (Lipinski definition) is 18. The van der Waals surface area contributed by atoms with Gasteiger partial charge in [-0.3, -0.25) is 0 Å². The summed E-state index contributed by atoms with van der Waals surface area (Å²) in [6.07, 6.45) is -9.78. The van der Waals surface area contributed by atoms with Crippen molar-refractivity contribution in [1.29, 1.82) is 0 Å². The van der Waals surface area contributed by atoms with Crippen LogP contribution in [-0.2, 0) is 33.3 Å². The number of hydrogen-bond donors (Lipinski definition) is 8. The molecule has 0 amide bonds. The Kier molecular flexibility index (Phi) is 13.2. The Hall–Kier alpha value is -4.50. The SMILES string of the molecule is COc1cc(/C=C\C(=O)OC[C@H]2O[C@H](O[C@]3(CO)O[C@@H](CO)[C@@H](O)[C@@H]3OC(=O)/C=C/c3cc(OC)c(O)c(OC)c3)[C@H](O)[C@@H](O)[C@@H]2O)ccc1O. The van der Waals surface area contributed by atoms with E-state index in [1.165, 1.54) is 63.8 Å². The van der Waals surface area contributed by atoms with E-state index in [2.05, 4.69) is 0 Å². The molecule has 2 aromatic carbocycles. The van der Waals surface area contributed by atoms with Crippen molar-refractivity contribution in [3.8, 4) is 28.7 Å². The van der Waals surface area contributed by atoms with Gasteiger partial charge in [0.05, 0.1) is 27.9 Å². The molecule has 9 atom stereocenters. The molecule has 2 fully saturated rings. The fourth-order valence-corrected chi connectivity index (χ4v) is 5.27. The molecular weight excluding hydrogens is 684 g/mol. The van der Waals surface area contributed by atoms with Crippen molar-refractivity contribution in [3.63, 3.8) is 0 Å². The van der Waals surface area contributed by atoms with Gasteiger partial charge >= 0.3 is 11.9 Å². The highest BCUT2D eigenvalue weighted by molar-refractivity contribution is 5.88. The van der Waals surface area contributed by atoms with Crippen LogP contribution in [0.1, 0.15) is 11.1 Å². The van der Waals surface area contributed by atoms with E-state index >= 15 is 0 Å². The molecule has 4 rings (SSSR count). The Morgan fingerprint density at radius 3 is 2.00 bits per heavy atom. The Morgan fingerprint density at radius 1 is 0.784 bits per heavy atom. The highest BCUT2D eigenvalue weighted by Crippen LogP contribution is 2.39. The number of ether oxygens (including phenoxy) is 8. The van der Waals surface area contributed by atoms with Gasteiger partial charge in [0.15, 0.2) is 35.4 Å². The minimum atomic E-state index is -2.50. The normalized spacial score (nSPS) is 29.3. The van der Waals surface area contributed by atoms with Crippen molar-refractivity contribution in [1.82, 2.24) is 0 Å². The van der Waals surface area contributed by atoms with Crippen LogP contribution in [0.5, 0.6) is 28.7 Å². The number of rotatable bonds is 14. The first-order chi connectivity index (χ1) is 24.3. The largest absolute Gasteiger partial charge is 0.504 e. The average Bonchev–Trinajstić information content (AvgIpc) is 3.39.